The molecule has 0 aliphatic carbocycles. The van der Waals surface area contributed by atoms with Gasteiger partial charge in [-0.2, -0.15) is 0 Å². The average molecular weight is 222 g/mol. The van der Waals surface area contributed by atoms with Crippen LogP contribution in [0.25, 0.3) is 0 Å². The highest BCUT2D eigenvalue weighted by Gasteiger charge is 2.30. The first-order chi connectivity index (χ1) is 7.51. The molecule has 0 aromatic heterocycles. The Morgan fingerprint density at radius 2 is 2.00 bits per heavy atom. The number of amides is 1. The number of nitrogen functional groups attached to an aromatic ring is 1. The van der Waals surface area contributed by atoms with Crippen LogP contribution in [0.2, 0.25) is 0 Å². The lowest BCUT2D eigenvalue weighted by Gasteiger charge is -2.25. The van der Waals surface area contributed by atoms with Gasteiger partial charge >= 0.3 is 0 Å². The molecule has 0 aliphatic heterocycles. The highest BCUT2D eigenvalue weighted by atomic mass is 16.5. The van der Waals surface area contributed by atoms with Crippen molar-refractivity contribution in [1.82, 2.24) is 0 Å². The van der Waals surface area contributed by atoms with Gasteiger partial charge < -0.3 is 15.8 Å². The zero-order valence-electron chi connectivity index (χ0n) is 9.91. The highest BCUT2D eigenvalue weighted by molar-refractivity contribution is 5.97. The number of methoxy groups -OCH3 is 1. The molecule has 1 aromatic rings. The van der Waals surface area contributed by atoms with Crippen LogP contribution >= 0.6 is 0 Å². The van der Waals surface area contributed by atoms with Gasteiger partial charge in [0, 0.05) is 18.5 Å². The SMILES string of the molecule is CCC(C)(OC)C(=O)Nc1ccc(N)cc1. The van der Waals surface area contributed by atoms with Gasteiger partial charge in [-0.05, 0) is 37.6 Å². The predicted molar refractivity (Wildman–Crippen MR) is 65.2 cm³/mol. The molecule has 1 amide bonds. The van der Waals surface area contributed by atoms with Gasteiger partial charge in [0.15, 0.2) is 0 Å². The number of benzene rings is 1. The van der Waals surface area contributed by atoms with Crippen LogP contribution in [0.1, 0.15) is 20.3 Å². The molecular weight excluding hydrogens is 204 g/mol. The summed E-state index contributed by atoms with van der Waals surface area (Å²) >= 11 is 0. The van der Waals surface area contributed by atoms with E-state index < -0.39 is 5.60 Å². The third-order valence-electron chi connectivity index (χ3n) is 2.77. The third kappa shape index (κ3) is 2.73. The Hall–Kier alpha value is -1.55. The molecule has 0 spiro atoms. The monoisotopic (exact) mass is 222 g/mol. The van der Waals surface area contributed by atoms with Crippen molar-refractivity contribution in [3.8, 4) is 0 Å². The lowest BCUT2D eigenvalue weighted by molar-refractivity contribution is -0.136. The number of carbonyl (C=O) groups excluding carboxylic acids is 1. The minimum atomic E-state index is -0.790. The summed E-state index contributed by atoms with van der Waals surface area (Å²) in [6.45, 7) is 3.67. The van der Waals surface area contributed by atoms with Gasteiger partial charge in [0.25, 0.3) is 5.91 Å². The molecule has 1 rings (SSSR count). The van der Waals surface area contributed by atoms with E-state index in [2.05, 4.69) is 5.32 Å². The zero-order chi connectivity index (χ0) is 12.2. The molecule has 0 saturated heterocycles. The van der Waals surface area contributed by atoms with E-state index in [1.807, 2.05) is 6.92 Å². The Balaban J connectivity index is 2.74. The third-order valence-corrected chi connectivity index (χ3v) is 2.77. The van der Waals surface area contributed by atoms with Gasteiger partial charge in [0.2, 0.25) is 0 Å². The molecular formula is C12H18N2O2. The van der Waals surface area contributed by atoms with Crippen LogP contribution in [0.3, 0.4) is 0 Å². The zero-order valence-corrected chi connectivity index (χ0v) is 9.91. The van der Waals surface area contributed by atoms with Gasteiger partial charge in [-0.15, -0.1) is 0 Å². The first-order valence-electron chi connectivity index (χ1n) is 5.24. The summed E-state index contributed by atoms with van der Waals surface area (Å²) in [4.78, 5) is 11.9. The molecule has 0 aliphatic rings. The molecule has 0 saturated carbocycles. The van der Waals surface area contributed by atoms with Crippen LogP contribution in [-0.2, 0) is 9.53 Å². The Morgan fingerprint density at radius 1 is 1.44 bits per heavy atom. The second-order valence-electron chi connectivity index (χ2n) is 3.86. The van der Waals surface area contributed by atoms with Crippen molar-refractivity contribution in [3.05, 3.63) is 24.3 Å². The van der Waals surface area contributed by atoms with E-state index in [9.17, 15) is 4.79 Å². The van der Waals surface area contributed by atoms with Crippen molar-refractivity contribution >= 4 is 17.3 Å². The first kappa shape index (κ1) is 12.5. The number of anilines is 2. The minimum absolute atomic E-state index is 0.151. The molecule has 1 aromatic carbocycles. The maximum atomic E-state index is 11.9. The molecule has 88 valence electrons. The van der Waals surface area contributed by atoms with Crippen molar-refractivity contribution in [2.45, 2.75) is 25.9 Å². The Kier molecular flexibility index (Phi) is 3.90. The second-order valence-corrected chi connectivity index (χ2v) is 3.86. The predicted octanol–water partition coefficient (Wildman–Crippen LogP) is 2.02. The van der Waals surface area contributed by atoms with Crippen LogP contribution in [0.15, 0.2) is 24.3 Å². The van der Waals surface area contributed by atoms with Gasteiger partial charge in [0.1, 0.15) is 5.60 Å². The molecule has 16 heavy (non-hydrogen) atoms. The summed E-state index contributed by atoms with van der Waals surface area (Å²) in [5.74, 6) is -0.151. The Morgan fingerprint density at radius 3 is 2.44 bits per heavy atom. The molecule has 1 atom stereocenters. The number of hydrogen-bond acceptors (Lipinski definition) is 3. The summed E-state index contributed by atoms with van der Waals surface area (Å²) < 4.78 is 5.21. The molecule has 1 unspecified atom stereocenters. The van der Waals surface area contributed by atoms with E-state index in [0.29, 0.717) is 12.1 Å². The van der Waals surface area contributed by atoms with E-state index in [1.54, 1.807) is 31.2 Å². The molecule has 4 heteroatoms. The van der Waals surface area contributed by atoms with Crippen LogP contribution in [0.4, 0.5) is 11.4 Å². The molecule has 0 heterocycles. The van der Waals surface area contributed by atoms with Crippen LogP contribution in [0, 0.1) is 0 Å². The maximum Gasteiger partial charge on any atom is 0.256 e. The Labute approximate surface area is 95.8 Å². The lowest BCUT2D eigenvalue weighted by atomic mass is 10.0. The van der Waals surface area contributed by atoms with Crippen molar-refractivity contribution in [2.75, 3.05) is 18.2 Å². The molecule has 0 bridgehead atoms. The fraction of sp³-hybridized carbons (Fsp3) is 0.417. The fourth-order valence-electron chi connectivity index (χ4n) is 1.23. The van der Waals surface area contributed by atoms with Gasteiger partial charge in [-0.1, -0.05) is 6.92 Å². The highest BCUT2D eigenvalue weighted by Crippen LogP contribution is 2.18. The number of hydrogen-bond donors (Lipinski definition) is 2. The van der Waals surface area contributed by atoms with Crippen molar-refractivity contribution in [1.29, 1.82) is 0 Å². The normalized spacial score (nSPS) is 14.2. The van der Waals surface area contributed by atoms with E-state index in [1.165, 1.54) is 7.11 Å². The summed E-state index contributed by atoms with van der Waals surface area (Å²) in [6.07, 6.45) is 0.615. The van der Waals surface area contributed by atoms with Gasteiger partial charge in [-0.3, -0.25) is 4.79 Å². The second kappa shape index (κ2) is 4.99. The number of nitrogens with two attached hydrogens (primary N) is 1. The first-order valence-corrected chi connectivity index (χ1v) is 5.24. The molecule has 0 radical (unpaired) electrons. The molecule has 0 fully saturated rings. The largest absolute Gasteiger partial charge is 0.399 e. The molecule has 3 N–H and O–H groups in total. The number of carbonyl (C=O) groups is 1. The quantitative estimate of drug-likeness (QED) is 0.766. The summed E-state index contributed by atoms with van der Waals surface area (Å²) in [7, 11) is 1.53. The van der Waals surface area contributed by atoms with E-state index >= 15 is 0 Å². The van der Waals surface area contributed by atoms with Crippen molar-refractivity contribution in [2.24, 2.45) is 0 Å². The summed E-state index contributed by atoms with van der Waals surface area (Å²) in [5.41, 5.74) is 6.16. The summed E-state index contributed by atoms with van der Waals surface area (Å²) in [5, 5.41) is 2.79. The van der Waals surface area contributed by atoms with Crippen molar-refractivity contribution in [3.63, 3.8) is 0 Å². The standard InChI is InChI=1S/C12H18N2O2/c1-4-12(2,16-3)11(15)14-10-7-5-9(13)6-8-10/h5-8H,4,13H2,1-3H3,(H,14,15). The lowest BCUT2D eigenvalue weighted by Crippen LogP contribution is -2.41. The number of nitrogens with one attached hydrogen (secondary N) is 1. The van der Waals surface area contributed by atoms with E-state index in [0.717, 1.165) is 5.69 Å². The maximum absolute atomic E-state index is 11.9. The van der Waals surface area contributed by atoms with Crippen LogP contribution in [-0.4, -0.2) is 18.6 Å². The van der Waals surface area contributed by atoms with E-state index in [4.69, 9.17) is 10.5 Å². The topological polar surface area (TPSA) is 64.3 Å². The number of rotatable bonds is 4. The van der Waals surface area contributed by atoms with Crippen LogP contribution in [0.5, 0.6) is 0 Å². The summed E-state index contributed by atoms with van der Waals surface area (Å²) in [6, 6.07) is 7.01. The van der Waals surface area contributed by atoms with Gasteiger partial charge in [0.05, 0.1) is 0 Å². The van der Waals surface area contributed by atoms with Gasteiger partial charge in [-0.25, -0.2) is 0 Å². The smallest absolute Gasteiger partial charge is 0.256 e. The van der Waals surface area contributed by atoms with Crippen LogP contribution < -0.4 is 11.1 Å². The van der Waals surface area contributed by atoms with E-state index in [-0.39, 0.29) is 5.91 Å². The number of ether oxygens (including phenoxy) is 1. The minimum Gasteiger partial charge on any atom is -0.399 e. The average Bonchev–Trinajstić information content (AvgIpc) is 2.31. The Bertz CT molecular complexity index is 356. The fourth-order valence-corrected chi connectivity index (χ4v) is 1.23. The molecule has 4 nitrogen and oxygen atoms in total. The van der Waals surface area contributed by atoms with Crippen molar-refractivity contribution < 1.29 is 9.53 Å².